The Morgan fingerprint density at radius 2 is 1.80 bits per heavy atom. The molecule has 0 fully saturated rings. The minimum Gasteiger partial charge on any atom is -0.381 e. The molecule has 0 aromatic heterocycles. The Morgan fingerprint density at radius 3 is 2.40 bits per heavy atom. The number of nitrogens with one attached hydrogen (secondary N) is 1. The molecule has 0 aliphatic heterocycles. The molecule has 20 heavy (non-hydrogen) atoms. The highest BCUT2D eigenvalue weighted by Gasteiger charge is 2.07. The third-order valence-electron chi connectivity index (χ3n) is 3.16. The summed E-state index contributed by atoms with van der Waals surface area (Å²) in [6.45, 7) is 2.82. The topological polar surface area (TPSA) is 55.1 Å². The monoisotopic (exact) mass is 288 g/mol. The summed E-state index contributed by atoms with van der Waals surface area (Å²) in [5.41, 5.74) is 8.92. The summed E-state index contributed by atoms with van der Waals surface area (Å²) in [6.07, 6.45) is 1.03. The molecule has 0 aliphatic rings. The number of anilines is 1. The second kappa shape index (κ2) is 6.44. The summed E-state index contributed by atoms with van der Waals surface area (Å²) in [7, 11) is 0. The molecule has 0 aliphatic carbocycles. The Bertz CT molecular complexity index is 608. The zero-order valence-corrected chi connectivity index (χ0v) is 12.1. The zero-order valence-electron chi connectivity index (χ0n) is 11.3. The molecule has 0 saturated heterocycles. The third kappa shape index (κ3) is 3.52. The number of hydrogen-bond acceptors (Lipinski definition) is 2. The van der Waals surface area contributed by atoms with Crippen molar-refractivity contribution in [3.63, 3.8) is 0 Å². The van der Waals surface area contributed by atoms with Gasteiger partial charge >= 0.3 is 0 Å². The van der Waals surface area contributed by atoms with E-state index >= 15 is 0 Å². The van der Waals surface area contributed by atoms with Gasteiger partial charge in [-0.3, -0.25) is 4.79 Å². The van der Waals surface area contributed by atoms with Gasteiger partial charge in [0.1, 0.15) is 0 Å². The molecule has 2 aromatic rings. The molecule has 2 rings (SSSR count). The minimum atomic E-state index is -0.522. The highest BCUT2D eigenvalue weighted by molar-refractivity contribution is 6.33. The predicted octanol–water partition coefficient (Wildman–Crippen LogP) is 3.61. The molecule has 1 amide bonds. The normalized spacial score (nSPS) is 10.3. The van der Waals surface area contributed by atoms with E-state index in [9.17, 15) is 4.79 Å². The lowest BCUT2D eigenvalue weighted by Crippen LogP contribution is -2.12. The van der Waals surface area contributed by atoms with Crippen LogP contribution in [0.3, 0.4) is 0 Å². The smallest absolute Gasteiger partial charge is 0.250 e. The number of hydrogen-bond donors (Lipinski definition) is 2. The molecule has 0 saturated carbocycles. The second-order valence-electron chi connectivity index (χ2n) is 4.58. The van der Waals surface area contributed by atoms with E-state index in [1.165, 1.54) is 11.1 Å². The van der Waals surface area contributed by atoms with Crippen molar-refractivity contribution in [2.24, 2.45) is 5.73 Å². The van der Waals surface area contributed by atoms with Crippen LogP contribution in [0.5, 0.6) is 0 Å². The van der Waals surface area contributed by atoms with Crippen molar-refractivity contribution in [2.75, 3.05) is 5.32 Å². The molecule has 0 heterocycles. The summed E-state index contributed by atoms with van der Waals surface area (Å²) in [4.78, 5) is 11.2. The van der Waals surface area contributed by atoms with Gasteiger partial charge in [0.15, 0.2) is 0 Å². The van der Waals surface area contributed by atoms with Crippen molar-refractivity contribution in [1.29, 1.82) is 0 Å². The SMILES string of the molecule is CCc1ccc(CNc2ccc(Cl)c(C(N)=O)c2)cc1. The van der Waals surface area contributed by atoms with E-state index < -0.39 is 5.91 Å². The van der Waals surface area contributed by atoms with Gasteiger partial charge in [0.25, 0.3) is 0 Å². The molecule has 0 radical (unpaired) electrons. The van der Waals surface area contributed by atoms with Crippen LogP contribution in [0.25, 0.3) is 0 Å². The van der Waals surface area contributed by atoms with Crippen LogP contribution in [-0.4, -0.2) is 5.91 Å². The quantitative estimate of drug-likeness (QED) is 0.883. The van der Waals surface area contributed by atoms with Crippen LogP contribution in [0.15, 0.2) is 42.5 Å². The molecular weight excluding hydrogens is 272 g/mol. The fourth-order valence-corrected chi connectivity index (χ4v) is 2.13. The highest BCUT2D eigenvalue weighted by atomic mass is 35.5. The molecule has 0 unspecified atom stereocenters. The number of benzene rings is 2. The molecule has 4 heteroatoms. The first-order valence-corrected chi connectivity index (χ1v) is 6.89. The maximum absolute atomic E-state index is 11.2. The Morgan fingerprint density at radius 1 is 1.15 bits per heavy atom. The Labute approximate surface area is 123 Å². The zero-order chi connectivity index (χ0) is 14.5. The number of carbonyl (C=O) groups excluding carboxylic acids is 1. The van der Waals surface area contributed by atoms with Gasteiger partial charge in [-0.25, -0.2) is 0 Å². The lowest BCUT2D eigenvalue weighted by atomic mass is 10.1. The largest absolute Gasteiger partial charge is 0.381 e. The van der Waals surface area contributed by atoms with Gasteiger partial charge in [-0.2, -0.15) is 0 Å². The van der Waals surface area contributed by atoms with Crippen LogP contribution in [-0.2, 0) is 13.0 Å². The number of primary amides is 1. The van der Waals surface area contributed by atoms with E-state index in [2.05, 4.69) is 36.5 Å². The van der Waals surface area contributed by atoms with Crippen molar-refractivity contribution in [3.8, 4) is 0 Å². The van der Waals surface area contributed by atoms with Gasteiger partial charge in [0, 0.05) is 12.2 Å². The van der Waals surface area contributed by atoms with Gasteiger partial charge in [0.05, 0.1) is 10.6 Å². The first-order chi connectivity index (χ1) is 9.60. The van der Waals surface area contributed by atoms with Gasteiger partial charge < -0.3 is 11.1 Å². The van der Waals surface area contributed by atoms with Crippen LogP contribution >= 0.6 is 11.6 Å². The van der Waals surface area contributed by atoms with E-state index in [0.29, 0.717) is 17.1 Å². The maximum Gasteiger partial charge on any atom is 0.250 e. The first-order valence-electron chi connectivity index (χ1n) is 6.51. The van der Waals surface area contributed by atoms with Gasteiger partial charge in [0.2, 0.25) is 5.91 Å². The predicted molar refractivity (Wildman–Crippen MR) is 83.1 cm³/mol. The molecule has 2 aromatic carbocycles. The standard InChI is InChI=1S/C16H17ClN2O/c1-2-11-3-5-12(6-4-11)10-19-13-7-8-15(17)14(9-13)16(18)20/h3-9,19H,2,10H2,1H3,(H2,18,20). The molecule has 104 valence electrons. The molecule has 0 spiro atoms. The number of carbonyl (C=O) groups is 1. The van der Waals surface area contributed by atoms with E-state index in [-0.39, 0.29) is 0 Å². The summed E-state index contributed by atoms with van der Waals surface area (Å²) in [5.74, 6) is -0.522. The third-order valence-corrected chi connectivity index (χ3v) is 3.49. The Balaban J connectivity index is 2.06. The summed E-state index contributed by atoms with van der Waals surface area (Å²) >= 11 is 5.91. The Hall–Kier alpha value is -2.00. The van der Waals surface area contributed by atoms with E-state index in [4.69, 9.17) is 17.3 Å². The fourth-order valence-electron chi connectivity index (χ4n) is 1.92. The number of aryl methyl sites for hydroxylation is 1. The maximum atomic E-state index is 11.2. The number of rotatable bonds is 5. The van der Waals surface area contributed by atoms with Crippen molar-refractivity contribution in [1.82, 2.24) is 0 Å². The molecule has 3 N–H and O–H groups in total. The summed E-state index contributed by atoms with van der Waals surface area (Å²) in [6, 6.07) is 13.6. The van der Waals surface area contributed by atoms with Crippen LogP contribution in [0, 0.1) is 0 Å². The molecule has 3 nitrogen and oxygen atoms in total. The molecule has 0 atom stereocenters. The van der Waals surface area contributed by atoms with Gasteiger partial charge in [-0.15, -0.1) is 0 Å². The summed E-state index contributed by atoms with van der Waals surface area (Å²) < 4.78 is 0. The first kappa shape index (κ1) is 14.4. The van der Waals surface area contributed by atoms with Gasteiger partial charge in [-0.1, -0.05) is 42.8 Å². The summed E-state index contributed by atoms with van der Waals surface area (Å²) in [5, 5.41) is 3.63. The van der Waals surface area contributed by atoms with Gasteiger partial charge in [-0.05, 0) is 35.7 Å². The minimum absolute atomic E-state index is 0.331. The molecule has 0 bridgehead atoms. The molecular formula is C16H17ClN2O. The lowest BCUT2D eigenvalue weighted by molar-refractivity contribution is 0.100. The van der Waals surface area contributed by atoms with Crippen LogP contribution in [0.4, 0.5) is 5.69 Å². The van der Waals surface area contributed by atoms with E-state index in [1.54, 1.807) is 12.1 Å². The van der Waals surface area contributed by atoms with E-state index in [1.807, 2.05) is 6.07 Å². The van der Waals surface area contributed by atoms with Crippen molar-refractivity contribution in [2.45, 2.75) is 19.9 Å². The number of halogens is 1. The van der Waals surface area contributed by atoms with Crippen molar-refractivity contribution in [3.05, 3.63) is 64.2 Å². The van der Waals surface area contributed by atoms with Crippen LogP contribution < -0.4 is 11.1 Å². The average Bonchev–Trinajstić information content (AvgIpc) is 2.46. The highest BCUT2D eigenvalue weighted by Crippen LogP contribution is 2.20. The Kier molecular flexibility index (Phi) is 4.64. The fraction of sp³-hybridized carbons (Fsp3) is 0.188. The van der Waals surface area contributed by atoms with Crippen molar-refractivity contribution < 1.29 is 4.79 Å². The lowest BCUT2D eigenvalue weighted by Gasteiger charge is -2.09. The van der Waals surface area contributed by atoms with Crippen LogP contribution in [0.1, 0.15) is 28.4 Å². The number of nitrogens with two attached hydrogens (primary N) is 1. The van der Waals surface area contributed by atoms with Crippen molar-refractivity contribution >= 4 is 23.2 Å². The average molecular weight is 289 g/mol. The van der Waals surface area contributed by atoms with E-state index in [0.717, 1.165) is 12.1 Å². The second-order valence-corrected chi connectivity index (χ2v) is 4.99. The van der Waals surface area contributed by atoms with Crippen LogP contribution in [0.2, 0.25) is 5.02 Å². The number of amides is 1.